The molecule has 6 heteroatoms. The van der Waals surface area contributed by atoms with Gasteiger partial charge in [-0.2, -0.15) is 0 Å². The Bertz CT molecular complexity index is 556. The van der Waals surface area contributed by atoms with E-state index in [1.807, 2.05) is 12.1 Å². The van der Waals surface area contributed by atoms with Gasteiger partial charge in [0.05, 0.1) is 19.8 Å². The van der Waals surface area contributed by atoms with E-state index in [-0.39, 0.29) is 11.7 Å². The highest BCUT2D eigenvalue weighted by molar-refractivity contribution is 5.92. The number of likely N-dealkylation sites (tertiary alicyclic amines) is 1. The van der Waals surface area contributed by atoms with E-state index >= 15 is 0 Å². The van der Waals surface area contributed by atoms with E-state index in [2.05, 4.69) is 41.1 Å². The second kappa shape index (κ2) is 8.17. The van der Waals surface area contributed by atoms with E-state index in [1.54, 1.807) is 0 Å². The number of ether oxygens (including phenoxy) is 2. The first-order valence-corrected chi connectivity index (χ1v) is 9.29. The van der Waals surface area contributed by atoms with Crippen LogP contribution in [0.5, 0.6) is 0 Å². The van der Waals surface area contributed by atoms with Gasteiger partial charge in [0.15, 0.2) is 5.79 Å². The van der Waals surface area contributed by atoms with Crippen LogP contribution in [0.4, 0.5) is 11.4 Å². The maximum atomic E-state index is 12.3. The molecule has 1 aromatic rings. The molecule has 0 radical (unpaired) electrons. The summed E-state index contributed by atoms with van der Waals surface area (Å²) in [6.07, 6.45) is 1.66. The van der Waals surface area contributed by atoms with Crippen LogP contribution in [0.1, 0.15) is 26.7 Å². The van der Waals surface area contributed by atoms with Gasteiger partial charge >= 0.3 is 0 Å². The number of anilines is 2. The van der Waals surface area contributed by atoms with Crippen LogP contribution in [0, 0.1) is 0 Å². The van der Waals surface area contributed by atoms with Crippen LogP contribution >= 0.6 is 0 Å². The van der Waals surface area contributed by atoms with Gasteiger partial charge in [-0.3, -0.25) is 9.69 Å². The second-order valence-electron chi connectivity index (χ2n) is 6.65. The van der Waals surface area contributed by atoms with Gasteiger partial charge in [-0.25, -0.2) is 0 Å². The number of amides is 1. The number of nitrogens with zero attached hydrogens (tertiary/aromatic N) is 2. The lowest BCUT2D eigenvalue weighted by Crippen LogP contribution is -2.47. The molecule has 3 rings (SSSR count). The van der Waals surface area contributed by atoms with E-state index in [4.69, 9.17) is 9.47 Å². The maximum Gasteiger partial charge on any atom is 0.238 e. The summed E-state index contributed by atoms with van der Waals surface area (Å²) in [7, 11) is 0. The van der Waals surface area contributed by atoms with E-state index in [1.165, 1.54) is 5.69 Å². The number of carbonyl (C=O) groups is 1. The molecule has 0 atom stereocenters. The van der Waals surface area contributed by atoms with Crippen molar-refractivity contribution in [2.24, 2.45) is 0 Å². The summed E-state index contributed by atoms with van der Waals surface area (Å²) in [5, 5.41) is 2.99. The van der Waals surface area contributed by atoms with Crippen LogP contribution < -0.4 is 10.2 Å². The van der Waals surface area contributed by atoms with Crippen molar-refractivity contribution in [2.75, 3.05) is 56.2 Å². The third-order valence-electron chi connectivity index (χ3n) is 5.08. The molecular weight excluding hydrogens is 318 g/mol. The van der Waals surface area contributed by atoms with Gasteiger partial charge < -0.3 is 19.7 Å². The molecule has 2 heterocycles. The molecule has 0 saturated carbocycles. The number of hydrogen-bond acceptors (Lipinski definition) is 5. The van der Waals surface area contributed by atoms with Gasteiger partial charge in [0.2, 0.25) is 5.91 Å². The molecule has 0 bridgehead atoms. The Morgan fingerprint density at radius 1 is 1.12 bits per heavy atom. The predicted molar refractivity (Wildman–Crippen MR) is 98.9 cm³/mol. The summed E-state index contributed by atoms with van der Waals surface area (Å²) in [4.78, 5) is 16.7. The van der Waals surface area contributed by atoms with Gasteiger partial charge in [-0.05, 0) is 38.1 Å². The zero-order valence-corrected chi connectivity index (χ0v) is 15.3. The molecule has 1 amide bonds. The Labute approximate surface area is 150 Å². The van der Waals surface area contributed by atoms with Crippen molar-refractivity contribution in [3.63, 3.8) is 0 Å². The molecule has 0 aliphatic carbocycles. The first kappa shape index (κ1) is 18.2. The molecule has 0 aromatic heterocycles. The molecule has 138 valence electrons. The van der Waals surface area contributed by atoms with E-state index in [0.717, 1.165) is 44.7 Å². The first-order chi connectivity index (χ1) is 12.1. The summed E-state index contributed by atoms with van der Waals surface area (Å²) in [5.74, 6) is -0.354. The van der Waals surface area contributed by atoms with Crippen molar-refractivity contribution < 1.29 is 14.3 Å². The molecule has 0 unspecified atom stereocenters. The van der Waals surface area contributed by atoms with Gasteiger partial charge in [0.1, 0.15) is 0 Å². The summed E-state index contributed by atoms with van der Waals surface area (Å²) in [6, 6.07) is 8.05. The summed E-state index contributed by atoms with van der Waals surface area (Å²) in [6.45, 7) is 9.68. The first-order valence-electron chi connectivity index (χ1n) is 9.29. The van der Waals surface area contributed by atoms with Gasteiger partial charge in [0.25, 0.3) is 0 Å². The fraction of sp³-hybridized carbons (Fsp3) is 0.632. The summed E-state index contributed by atoms with van der Waals surface area (Å²) >= 11 is 0. The lowest BCUT2D eigenvalue weighted by Gasteiger charge is -2.37. The number of nitrogens with one attached hydrogen (secondary N) is 1. The zero-order valence-electron chi connectivity index (χ0n) is 15.3. The SMILES string of the molecule is CCN(CC)c1ccc(NC(=O)CN2CCC3(CC2)OCCO3)cc1. The zero-order chi connectivity index (χ0) is 17.7. The average Bonchev–Trinajstić information content (AvgIpc) is 3.08. The van der Waals surface area contributed by atoms with Crippen LogP contribution in [-0.2, 0) is 14.3 Å². The Kier molecular flexibility index (Phi) is 5.93. The van der Waals surface area contributed by atoms with Crippen molar-refractivity contribution in [1.82, 2.24) is 4.90 Å². The Morgan fingerprint density at radius 3 is 2.28 bits per heavy atom. The molecule has 1 aromatic carbocycles. The molecule has 1 spiro atoms. The molecule has 2 aliphatic heterocycles. The number of carbonyl (C=O) groups excluding carboxylic acids is 1. The van der Waals surface area contributed by atoms with Gasteiger partial charge in [-0.1, -0.05) is 0 Å². The minimum Gasteiger partial charge on any atom is -0.372 e. The largest absolute Gasteiger partial charge is 0.372 e. The van der Waals surface area contributed by atoms with Crippen molar-refractivity contribution in [3.8, 4) is 0 Å². The van der Waals surface area contributed by atoms with E-state index < -0.39 is 0 Å². The smallest absolute Gasteiger partial charge is 0.238 e. The lowest BCUT2D eigenvalue weighted by molar-refractivity contribution is -0.185. The third kappa shape index (κ3) is 4.51. The highest BCUT2D eigenvalue weighted by Crippen LogP contribution is 2.31. The molecule has 6 nitrogen and oxygen atoms in total. The van der Waals surface area contributed by atoms with Crippen LogP contribution in [0.2, 0.25) is 0 Å². The monoisotopic (exact) mass is 347 g/mol. The number of piperidine rings is 1. The molecule has 2 saturated heterocycles. The fourth-order valence-corrected chi connectivity index (χ4v) is 3.59. The van der Waals surface area contributed by atoms with Crippen LogP contribution in [0.15, 0.2) is 24.3 Å². The highest BCUT2D eigenvalue weighted by atomic mass is 16.7. The number of benzene rings is 1. The Hall–Kier alpha value is -1.63. The minimum absolute atomic E-state index is 0.0276. The van der Waals surface area contributed by atoms with Crippen molar-refractivity contribution in [3.05, 3.63) is 24.3 Å². The number of hydrogen-bond donors (Lipinski definition) is 1. The van der Waals surface area contributed by atoms with Crippen LogP contribution in [0.3, 0.4) is 0 Å². The molecule has 1 N–H and O–H groups in total. The standard InChI is InChI=1S/C19H29N3O3/c1-3-22(4-2)17-7-5-16(6-8-17)20-18(23)15-21-11-9-19(10-12-21)24-13-14-25-19/h5-8H,3-4,9-15H2,1-2H3,(H,20,23). The van der Waals surface area contributed by atoms with Crippen molar-refractivity contribution in [1.29, 1.82) is 0 Å². The van der Waals surface area contributed by atoms with Gasteiger partial charge in [0, 0.05) is 50.4 Å². The van der Waals surface area contributed by atoms with Crippen molar-refractivity contribution in [2.45, 2.75) is 32.5 Å². The van der Waals surface area contributed by atoms with E-state index in [0.29, 0.717) is 19.8 Å². The normalized spacial score (nSPS) is 19.9. The second-order valence-corrected chi connectivity index (χ2v) is 6.65. The predicted octanol–water partition coefficient (Wildman–Crippen LogP) is 2.31. The van der Waals surface area contributed by atoms with Crippen LogP contribution in [0.25, 0.3) is 0 Å². The molecule has 2 fully saturated rings. The summed E-state index contributed by atoms with van der Waals surface area (Å²) in [5.41, 5.74) is 2.03. The quantitative estimate of drug-likeness (QED) is 0.856. The maximum absolute atomic E-state index is 12.3. The van der Waals surface area contributed by atoms with E-state index in [9.17, 15) is 4.79 Å². The average molecular weight is 347 g/mol. The lowest BCUT2D eigenvalue weighted by atomic mass is 10.0. The Morgan fingerprint density at radius 2 is 1.72 bits per heavy atom. The Balaban J connectivity index is 1.46. The third-order valence-corrected chi connectivity index (χ3v) is 5.08. The fourth-order valence-electron chi connectivity index (χ4n) is 3.59. The van der Waals surface area contributed by atoms with Crippen molar-refractivity contribution >= 4 is 17.3 Å². The number of rotatable bonds is 6. The van der Waals surface area contributed by atoms with Gasteiger partial charge in [-0.15, -0.1) is 0 Å². The molecule has 2 aliphatic rings. The topological polar surface area (TPSA) is 54.0 Å². The highest BCUT2D eigenvalue weighted by Gasteiger charge is 2.39. The minimum atomic E-state index is -0.382. The van der Waals surface area contributed by atoms with Crippen LogP contribution in [-0.4, -0.2) is 62.5 Å². The molecule has 25 heavy (non-hydrogen) atoms. The molecular formula is C19H29N3O3. The summed E-state index contributed by atoms with van der Waals surface area (Å²) < 4.78 is 11.5.